The third-order valence-corrected chi connectivity index (χ3v) is 3.93. The van der Waals surface area contributed by atoms with Gasteiger partial charge in [-0.25, -0.2) is 0 Å². The zero-order chi connectivity index (χ0) is 15.2. The lowest BCUT2D eigenvalue weighted by atomic mass is 9.83. The summed E-state index contributed by atoms with van der Waals surface area (Å²) in [4.78, 5) is 12.2. The molecule has 0 aromatic heterocycles. The molecule has 0 fully saturated rings. The molecule has 0 unspecified atom stereocenters. The first-order valence-corrected chi connectivity index (χ1v) is 6.84. The lowest BCUT2D eigenvalue weighted by Gasteiger charge is -2.29. The molecule has 1 aromatic rings. The van der Waals surface area contributed by atoms with E-state index in [-0.39, 0.29) is 17.9 Å². The number of amides is 1. The Labute approximate surface area is 120 Å². The normalized spacial score (nSPS) is 11.2. The minimum atomic E-state index is -0.267. The summed E-state index contributed by atoms with van der Waals surface area (Å²) < 4.78 is 5.17. The molecule has 112 valence electrons. The van der Waals surface area contributed by atoms with Gasteiger partial charge >= 0.3 is 0 Å². The van der Waals surface area contributed by atoms with E-state index in [4.69, 9.17) is 10.5 Å². The second kappa shape index (κ2) is 7.14. The van der Waals surface area contributed by atoms with Crippen LogP contribution in [0.25, 0.3) is 0 Å². The summed E-state index contributed by atoms with van der Waals surface area (Å²) in [6, 6.07) is 4.92. The van der Waals surface area contributed by atoms with Crippen molar-refractivity contribution in [2.75, 3.05) is 26.0 Å². The van der Waals surface area contributed by atoms with Gasteiger partial charge in [0.1, 0.15) is 5.75 Å². The van der Waals surface area contributed by atoms with Crippen molar-refractivity contribution in [3.63, 3.8) is 0 Å². The van der Waals surface area contributed by atoms with Crippen molar-refractivity contribution in [1.82, 2.24) is 5.32 Å². The molecule has 0 radical (unpaired) electrons. The van der Waals surface area contributed by atoms with E-state index >= 15 is 0 Å². The van der Waals surface area contributed by atoms with E-state index in [1.807, 2.05) is 13.8 Å². The van der Waals surface area contributed by atoms with Crippen LogP contribution in [-0.4, -0.2) is 31.3 Å². The number of hydrogen-bond donors (Lipinski definition) is 3. The monoisotopic (exact) mass is 280 g/mol. The van der Waals surface area contributed by atoms with Crippen molar-refractivity contribution >= 4 is 11.6 Å². The number of carbonyl (C=O) groups is 1. The van der Waals surface area contributed by atoms with E-state index in [0.29, 0.717) is 23.5 Å². The Hall–Kier alpha value is -1.75. The van der Waals surface area contributed by atoms with E-state index in [0.717, 1.165) is 12.8 Å². The molecule has 0 spiro atoms. The van der Waals surface area contributed by atoms with Gasteiger partial charge in [-0.05, 0) is 25.0 Å². The largest absolute Gasteiger partial charge is 0.496 e. The van der Waals surface area contributed by atoms with Crippen molar-refractivity contribution in [3.05, 3.63) is 23.8 Å². The molecule has 0 heterocycles. The topological polar surface area (TPSA) is 84.6 Å². The molecule has 1 rings (SSSR count). The van der Waals surface area contributed by atoms with Crippen LogP contribution in [-0.2, 0) is 0 Å². The number of aliphatic hydroxyl groups is 1. The quantitative estimate of drug-likeness (QED) is 0.665. The third-order valence-electron chi connectivity index (χ3n) is 3.93. The summed E-state index contributed by atoms with van der Waals surface area (Å²) >= 11 is 0. The predicted molar refractivity (Wildman–Crippen MR) is 79.8 cm³/mol. The van der Waals surface area contributed by atoms with E-state index in [9.17, 15) is 9.90 Å². The maximum Gasteiger partial charge on any atom is 0.255 e. The van der Waals surface area contributed by atoms with Gasteiger partial charge in [-0.3, -0.25) is 4.79 Å². The molecular formula is C15H24N2O3. The van der Waals surface area contributed by atoms with Crippen LogP contribution in [0.2, 0.25) is 0 Å². The van der Waals surface area contributed by atoms with Crippen molar-refractivity contribution in [1.29, 1.82) is 0 Å². The highest BCUT2D eigenvalue weighted by molar-refractivity contribution is 5.97. The van der Waals surface area contributed by atoms with Gasteiger partial charge in [0.25, 0.3) is 5.91 Å². The summed E-state index contributed by atoms with van der Waals surface area (Å²) in [5.74, 6) is 0.228. The van der Waals surface area contributed by atoms with Crippen molar-refractivity contribution in [3.8, 4) is 5.75 Å². The van der Waals surface area contributed by atoms with Crippen LogP contribution in [0.3, 0.4) is 0 Å². The Kier molecular flexibility index (Phi) is 5.82. The molecule has 0 aliphatic rings. The summed E-state index contributed by atoms with van der Waals surface area (Å²) in [6.45, 7) is 4.51. The number of rotatable bonds is 7. The van der Waals surface area contributed by atoms with Gasteiger partial charge in [-0.2, -0.15) is 0 Å². The third kappa shape index (κ3) is 3.63. The molecule has 0 bridgehead atoms. The highest BCUT2D eigenvalue weighted by Crippen LogP contribution is 2.25. The Morgan fingerprint density at radius 2 is 2.05 bits per heavy atom. The van der Waals surface area contributed by atoms with Gasteiger partial charge in [0, 0.05) is 23.7 Å². The SMILES string of the molecule is CCC(CC)(CO)CNC(=O)c1ccc(N)cc1OC. The molecule has 1 amide bonds. The average Bonchev–Trinajstić information content (AvgIpc) is 2.48. The van der Waals surface area contributed by atoms with Crippen LogP contribution in [0.4, 0.5) is 5.69 Å². The maximum absolute atomic E-state index is 12.2. The van der Waals surface area contributed by atoms with E-state index in [1.165, 1.54) is 7.11 Å². The molecule has 20 heavy (non-hydrogen) atoms. The minimum absolute atomic E-state index is 0.0547. The zero-order valence-electron chi connectivity index (χ0n) is 12.4. The molecular weight excluding hydrogens is 256 g/mol. The second-order valence-electron chi connectivity index (χ2n) is 5.01. The highest BCUT2D eigenvalue weighted by Gasteiger charge is 2.26. The number of benzene rings is 1. The fourth-order valence-corrected chi connectivity index (χ4v) is 2.04. The van der Waals surface area contributed by atoms with E-state index in [1.54, 1.807) is 18.2 Å². The first-order chi connectivity index (χ1) is 9.51. The van der Waals surface area contributed by atoms with Gasteiger partial charge in [-0.15, -0.1) is 0 Å². The standard InChI is InChI=1S/C15H24N2O3/c1-4-15(5-2,10-18)9-17-14(19)12-7-6-11(16)8-13(12)20-3/h6-8,18H,4-5,9-10,16H2,1-3H3,(H,17,19). The summed E-state index contributed by atoms with van der Waals surface area (Å²) in [7, 11) is 1.50. The molecule has 5 heteroatoms. The Bertz CT molecular complexity index is 448. The molecule has 0 saturated carbocycles. The van der Waals surface area contributed by atoms with Crippen molar-refractivity contribution in [2.24, 2.45) is 5.41 Å². The number of aliphatic hydroxyl groups excluding tert-OH is 1. The lowest BCUT2D eigenvalue weighted by molar-refractivity contribution is 0.0848. The predicted octanol–water partition coefficient (Wildman–Crippen LogP) is 1.81. The zero-order valence-corrected chi connectivity index (χ0v) is 12.4. The first-order valence-electron chi connectivity index (χ1n) is 6.84. The molecule has 4 N–H and O–H groups in total. The second-order valence-corrected chi connectivity index (χ2v) is 5.01. The van der Waals surface area contributed by atoms with Crippen LogP contribution in [0.15, 0.2) is 18.2 Å². The van der Waals surface area contributed by atoms with Crippen molar-refractivity contribution < 1.29 is 14.6 Å². The number of ether oxygens (including phenoxy) is 1. The summed E-state index contributed by atoms with van der Waals surface area (Å²) in [5, 5.41) is 12.4. The fraction of sp³-hybridized carbons (Fsp3) is 0.533. The lowest BCUT2D eigenvalue weighted by Crippen LogP contribution is -2.39. The minimum Gasteiger partial charge on any atom is -0.496 e. The number of methoxy groups -OCH3 is 1. The summed E-state index contributed by atoms with van der Waals surface area (Å²) in [5.41, 5.74) is 6.39. The number of hydrogen-bond acceptors (Lipinski definition) is 4. The molecule has 1 aromatic carbocycles. The van der Waals surface area contributed by atoms with Crippen LogP contribution in [0.5, 0.6) is 5.75 Å². The molecule has 0 aliphatic heterocycles. The molecule has 5 nitrogen and oxygen atoms in total. The number of nitrogens with one attached hydrogen (secondary N) is 1. The van der Waals surface area contributed by atoms with Gasteiger partial charge in [0.15, 0.2) is 0 Å². The van der Waals surface area contributed by atoms with Gasteiger partial charge in [0.05, 0.1) is 19.3 Å². The smallest absolute Gasteiger partial charge is 0.255 e. The van der Waals surface area contributed by atoms with Gasteiger partial charge in [0.2, 0.25) is 0 Å². The Morgan fingerprint density at radius 1 is 1.40 bits per heavy atom. The summed E-state index contributed by atoms with van der Waals surface area (Å²) in [6.07, 6.45) is 1.61. The van der Waals surface area contributed by atoms with Crippen LogP contribution < -0.4 is 15.8 Å². The highest BCUT2D eigenvalue weighted by atomic mass is 16.5. The van der Waals surface area contributed by atoms with E-state index in [2.05, 4.69) is 5.32 Å². The van der Waals surface area contributed by atoms with Gasteiger partial charge in [-0.1, -0.05) is 13.8 Å². The van der Waals surface area contributed by atoms with Gasteiger partial charge < -0.3 is 20.9 Å². The fourth-order valence-electron chi connectivity index (χ4n) is 2.04. The molecule has 0 saturated heterocycles. The number of nitrogens with two attached hydrogens (primary N) is 1. The average molecular weight is 280 g/mol. The number of nitrogen functional groups attached to an aromatic ring is 1. The Balaban J connectivity index is 2.82. The van der Waals surface area contributed by atoms with E-state index < -0.39 is 0 Å². The maximum atomic E-state index is 12.2. The van der Waals surface area contributed by atoms with Crippen LogP contribution in [0, 0.1) is 5.41 Å². The van der Waals surface area contributed by atoms with Crippen LogP contribution in [0.1, 0.15) is 37.0 Å². The first kappa shape index (κ1) is 16.3. The Morgan fingerprint density at radius 3 is 2.55 bits per heavy atom. The molecule has 0 atom stereocenters. The van der Waals surface area contributed by atoms with Crippen molar-refractivity contribution in [2.45, 2.75) is 26.7 Å². The number of anilines is 1. The van der Waals surface area contributed by atoms with Crippen LogP contribution >= 0.6 is 0 Å². The molecule has 0 aliphatic carbocycles. The number of carbonyl (C=O) groups excluding carboxylic acids is 1.